The van der Waals surface area contributed by atoms with Crippen molar-refractivity contribution in [2.24, 2.45) is 5.92 Å². The Bertz CT molecular complexity index is 905. The summed E-state index contributed by atoms with van der Waals surface area (Å²) < 4.78 is 5.20. The number of benzene rings is 2. The smallest absolute Gasteiger partial charge is 0.335 e. The zero-order valence-corrected chi connectivity index (χ0v) is 15.5. The first-order valence-electron chi connectivity index (χ1n) is 9.08. The lowest BCUT2D eigenvalue weighted by atomic mass is 9.85. The van der Waals surface area contributed by atoms with Crippen LogP contribution >= 0.6 is 0 Å². The lowest BCUT2D eigenvalue weighted by Gasteiger charge is -2.24. The molecule has 1 saturated carbocycles. The van der Waals surface area contributed by atoms with Crippen molar-refractivity contribution in [3.8, 4) is 5.75 Å². The molecule has 146 valence electrons. The van der Waals surface area contributed by atoms with Crippen LogP contribution in [0.4, 0.5) is 11.4 Å². The molecule has 28 heavy (non-hydrogen) atoms. The number of aromatic carboxylic acids is 1. The summed E-state index contributed by atoms with van der Waals surface area (Å²) in [6, 6.07) is 11.4. The van der Waals surface area contributed by atoms with E-state index in [1.165, 1.54) is 13.2 Å². The number of carbonyl (C=O) groups is 3. The van der Waals surface area contributed by atoms with E-state index in [2.05, 4.69) is 10.6 Å². The summed E-state index contributed by atoms with van der Waals surface area (Å²) in [6.07, 6.45) is 2.69. The molecule has 0 unspecified atom stereocenters. The first-order chi connectivity index (χ1) is 13.5. The van der Waals surface area contributed by atoms with Crippen molar-refractivity contribution in [1.82, 2.24) is 0 Å². The quantitative estimate of drug-likeness (QED) is 0.681. The van der Waals surface area contributed by atoms with E-state index < -0.39 is 5.97 Å². The minimum absolute atomic E-state index is 0.00750. The van der Waals surface area contributed by atoms with E-state index in [1.807, 2.05) is 0 Å². The number of hydrogen-bond acceptors (Lipinski definition) is 4. The number of methoxy groups -OCH3 is 1. The van der Waals surface area contributed by atoms with Crippen LogP contribution in [0.3, 0.4) is 0 Å². The van der Waals surface area contributed by atoms with Crippen LogP contribution < -0.4 is 15.4 Å². The van der Waals surface area contributed by atoms with E-state index >= 15 is 0 Å². The number of carboxylic acid groups (broad SMARTS) is 1. The molecule has 0 spiro atoms. The molecule has 7 heteroatoms. The zero-order chi connectivity index (χ0) is 20.1. The van der Waals surface area contributed by atoms with Gasteiger partial charge in [-0.05, 0) is 36.6 Å². The van der Waals surface area contributed by atoms with Gasteiger partial charge in [0.15, 0.2) is 0 Å². The second-order valence-corrected chi connectivity index (χ2v) is 6.72. The van der Waals surface area contributed by atoms with E-state index in [9.17, 15) is 19.5 Å². The molecular weight excluding hydrogens is 360 g/mol. The van der Waals surface area contributed by atoms with Crippen LogP contribution in [0.5, 0.6) is 5.75 Å². The van der Waals surface area contributed by atoms with Gasteiger partial charge in [0.25, 0.3) is 0 Å². The van der Waals surface area contributed by atoms with Crippen LogP contribution in [0.1, 0.15) is 35.2 Å². The zero-order valence-electron chi connectivity index (χ0n) is 15.5. The summed E-state index contributed by atoms with van der Waals surface area (Å²) in [4.78, 5) is 36.1. The molecule has 2 amide bonds. The summed E-state index contributed by atoms with van der Waals surface area (Å²) in [6.45, 7) is 0. The molecule has 7 nitrogen and oxygen atoms in total. The minimum atomic E-state index is -1.08. The summed E-state index contributed by atoms with van der Waals surface area (Å²) in [5.74, 6) is -1.00. The topological polar surface area (TPSA) is 105 Å². The number of ether oxygens (including phenoxy) is 1. The third-order valence-corrected chi connectivity index (χ3v) is 4.83. The van der Waals surface area contributed by atoms with Crippen LogP contribution in [0.2, 0.25) is 0 Å². The van der Waals surface area contributed by atoms with Gasteiger partial charge in [-0.2, -0.15) is 0 Å². The number of carboxylic acids is 1. The molecular formula is C21H22N2O5. The number of nitrogens with one attached hydrogen (secondary N) is 2. The second-order valence-electron chi connectivity index (χ2n) is 6.72. The van der Waals surface area contributed by atoms with Gasteiger partial charge in [-0.1, -0.05) is 24.6 Å². The van der Waals surface area contributed by atoms with Crippen LogP contribution in [0, 0.1) is 5.92 Å². The summed E-state index contributed by atoms with van der Waals surface area (Å²) in [7, 11) is 1.51. The van der Waals surface area contributed by atoms with Crippen molar-refractivity contribution < 1.29 is 24.2 Å². The van der Waals surface area contributed by atoms with Crippen LogP contribution in [-0.4, -0.2) is 30.0 Å². The molecule has 0 aliphatic heterocycles. The Labute approximate surface area is 162 Å². The average molecular weight is 382 g/mol. The summed E-state index contributed by atoms with van der Waals surface area (Å²) >= 11 is 0. The van der Waals surface area contributed by atoms with Gasteiger partial charge < -0.3 is 20.5 Å². The lowest BCUT2D eigenvalue weighted by Crippen LogP contribution is -2.28. The molecule has 2 aromatic rings. The summed E-state index contributed by atoms with van der Waals surface area (Å²) in [5, 5.41) is 14.9. The lowest BCUT2D eigenvalue weighted by molar-refractivity contribution is -0.122. The molecule has 2 aromatic carbocycles. The fourth-order valence-electron chi connectivity index (χ4n) is 3.02. The molecule has 3 N–H and O–H groups in total. The maximum Gasteiger partial charge on any atom is 0.335 e. The van der Waals surface area contributed by atoms with E-state index in [0.717, 1.165) is 19.3 Å². The Morgan fingerprint density at radius 2 is 1.82 bits per heavy atom. The highest BCUT2D eigenvalue weighted by Crippen LogP contribution is 2.31. The molecule has 1 aliphatic rings. The van der Waals surface area contributed by atoms with E-state index in [4.69, 9.17) is 4.74 Å². The van der Waals surface area contributed by atoms with E-state index in [-0.39, 0.29) is 29.7 Å². The molecule has 0 saturated heterocycles. The number of carbonyl (C=O) groups excluding carboxylic acids is 2. The third-order valence-electron chi connectivity index (χ3n) is 4.83. The van der Waals surface area contributed by atoms with Gasteiger partial charge in [0.1, 0.15) is 5.75 Å². The maximum absolute atomic E-state index is 12.5. The maximum atomic E-state index is 12.5. The third kappa shape index (κ3) is 4.49. The van der Waals surface area contributed by atoms with Crippen molar-refractivity contribution in [1.29, 1.82) is 0 Å². The van der Waals surface area contributed by atoms with Crippen LogP contribution in [-0.2, 0) is 16.0 Å². The average Bonchev–Trinajstić information content (AvgIpc) is 2.61. The molecule has 0 heterocycles. The number of amides is 2. The van der Waals surface area contributed by atoms with Gasteiger partial charge in [-0.25, -0.2) is 4.79 Å². The van der Waals surface area contributed by atoms with Gasteiger partial charge in [0, 0.05) is 12.0 Å². The SMILES string of the molecule is COc1ccc(NC(=O)C2CCC2)c(NC(=O)Cc2ccccc2C(=O)O)c1. The van der Waals surface area contributed by atoms with E-state index in [1.54, 1.807) is 36.4 Å². The highest BCUT2D eigenvalue weighted by atomic mass is 16.5. The van der Waals surface area contributed by atoms with Gasteiger partial charge in [-0.3, -0.25) is 9.59 Å². The molecule has 0 radical (unpaired) electrons. The Morgan fingerprint density at radius 3 is 2.46 bits per heavy atom. The van der Waals surface area contributed by atoms with Gasteiger partial charge >= 0.3 is 5.97 Å². The monoisotopic (exact) mass is 382 g/mol. The Balaban J connectivity index is 1.77. The molecule has 3 rings (SSSR count). The van der Waals surface area contributed by atoms with Crippen molar-refractivity contribution in [3.63, 3.8) is 0 Å². The number of hydrogen-bond donors (Lipinski definition) is 3. The first kappa shape index (κ1) is 19.4. The van der Waals surface area contributed by atoms with E-state index in [0.29, 0.717) is 22.7 Å². The highest BCUT2D eigenvalue weighted by molar-refractivity contribution is 6.02. The highest BCUT2D eigenvalue weighted by Gasteiger charge is 2.26. The molecule has 1 fully saturated rings. The molecule has 0 bridgehead atoms. The number of anilines is 2. The van der Waals surface area contributed by atoms with Gasteiger partial charge in [0.2, 0.25) is 11.8 Å². The standard InChI is InChI=1S/C21H22N2O5/c1-28-15-9-10-17(23-20(25)13-6-4-7-13)18(12-15)22-19(24)11-14-5-2-3-8-16(14)21(26)27/h2-3,5,8-10,12-13H,4,6-7,11H2,1H3,(H,22,24)(H,23,25)(H,26,27). The van der Waals surface area contributed by atoms with Crippen LogP contribution in [0.15, 0.2) is 42.5 Å². The van der Waals surface area contributed by atoms with Gasteiger partial charge in [0.05, 0.1) is 30.5 Å². The van der Waals surface area contributed by atoms with Gasteiger partial charge in [-0.15, -0.1) is 0 Å². The molecule has 0 aromatic heterocycles. The van der Waals surface area contributed by atoms with Crippen molar-refractivity contribution in [3.05, 3.63) is 53.6 Å². The molecule has 0 atom stereocenters. The van der Waals surface area contributed by atoms with Crippen molar-refractivity contribution >= 4 is 29.2 Å². The fourth-order valence-corrected chi connectivity index (χ4v) is 3.02. The van der Waals surface area contributed by atoms with Crippen LogP contribution in [0.25, 0.3) is 0 Å². The Kier molecular flexibility index (Phi) is 5.93. The second kappa shape index (κ2) is 8.56. The number of rotatable bonds is 7. The van der Waals surface area contributed by atoms with Crippen molar-refractivity contribution in [2.75, 3.05) is 17.7 Å². The predicted molar refractivity (Wildman–Crippen MR) is 105 cm³/mol. The normalized spacial score (nSPS) is 13.3. The Hall–Kier alpha value is -3.35. The fraction of sp³-hybridized carbons (Fsp3) is 0.286. The Morgan fingerprint density at radius 1 is 1.07 bits per heavy atom. The largest absolute Gasteiger partial charge is 0.497 e. The molecule has 1 aliphatic carbocycles. The first-order valence-corrected chi connectivity index (χ1v) is 9.08. The summed E-state index contributed by atoms with van der Waals surface area (Å²) in [5.41, 5.74) is 1.39. The van der Waals surface area contributed by atoms with Crippen molar-refractivity contribution in [2.45, 2.75) is 25.7 Å². The predicted octanol–water partition coefficient (Wildman–Crippen LogP) is 3.31. The minimum Gasteiger partial charge on any atom is -0.497 e.